The molecule has 12 heavy (non-hydrogen) atoms. The number of hydrogen-bond donors (Lipinski definition) is 1. The molecule has 0 aliphatic rings. The van der Waals surface area contributed by atoms with Crippen LogP contribution in [0.3, 0.4) is 0 Å². The Balaban J connectivity index is 2.71. The summed E-state index contributed by atoms with van der Waals surface area (Å²) in [5.41, 5.74) is 0. The van der Waals surface area contributed by atoms with Crippen LogP contribution < -0.4 is 0 Å². The van der Waals surface area contributed by atoms with Crippen LogP contribution in [-0.2, 0) is 6.61 Å². The average molecular weight is 223 g/mol. The maximum absolute atomic E-state index is 8.81. The molecule has 0 saturated heterocycles. The van der Waals surface area contributed by atoms with Crippen molar-refractivity contribution >= 4 is 39.5 Å². The first-order chi connectivity index (χ1) is 5.72. The number of halogens is 2. The third-order valence-electron chi connectivity index (χ3n) is 1.43. The number of thiazole rings is 1. The molecule has 0 fully saturated rings. The van der Waals surface area contributed by atoms with Crippen LogP contribution in [0.15, 0.2) is 6.20 Å². The fourth-order valence-corrected chi connectivity index (χ4v) is 2.19. The lowest BCUT2D eigenvalue weighted by atomic mass is 10.6. The fraction of sp³-hybridized carbons (Fsp3) is 0.167. The zero-order chi connectivity index (χ0) is 8.72. The molecule has 0 amide bonds. The summed E-state index contributed by atoms with van der Waals surface area (Å²) in [6.45, 7) is 0.00196. The van der Waals surface area contributed by atoms with Gasteiger partial charge in [0, 0.05) is 6.20 Å². The van der Waals surface area contributed by atoms with Gasteiger partial charge in [-0.05, 0) is 0 Å². The van der Waals surface area contributed by atoms with Gasteiger partial charge in [-0.3, -0.25) is 4.40 Å². The van der Waals surface area contributed by atoms with Gasteiger partial charge in [0.1, 0.15) is 0 Å². The first-order valence-corrected chi connectivity index (χ1v) is 4.72. The van der Waals surface area contributed by atoms with Crippen molar-refractivity contribution < 1.29 is 5.11 Å². The van der Waals surface area contributed by atoms with E-state index >= 15 is 0 Å². The second-order valence-electron chi connectivity index (χ2n) is 2.20. The monoisotopic (exact) mass is 222 g/mol. The van der Waals surface area contributed by atoms with E-state index in [1.165, 1.54) is 11.3 Å². The lowest BCUT2D eigenvalue weighted by Gasteiger charge is -1.85. The van der Waals surface area contributed by atoms with Gasteiger partial charge in [0.2, 0.25) is 0 Å². The molecular weight excluding hydrogens is 219 g/mol. The van der Waals surface area contributed by atoms with Crippen molar-refractivity contribution in [3.05, 3.63) is 21.4 Å². The number of rotatable bonds is 1. The Kier molecular flexibility index (Phi) is 2.00. The van der Waals surface area contributed by atoms with Gasteiger partial charge in [0.05, 0.1) is 11.5 Å². The second-order valence-corrected chi connectivity index (χ2v) is 4.01. The lowest BCUT2D eigenvalue weighted by Crippen LogP contribution is -1.77. The molecule has 0 aromatic carbocycles. The Hall–Kier alpha value is -0.290. The molecule has 3 nitrogen and oxygen atoms in total. The molecule has 0 saturated carbocycles. The summed E-state index contributed by atoms with van der Waals surface area (Å²) in [5, 5.41) is 9.50. The first kappa shape index (κ1) is 8.31. The normalized spacial score (nSPS) is 11.2. The lowest BCUT2D eigenvalue weighted by molar-refractivity contribution is 0.285. The van der Waals surface area contributed by atoms with Crippen LogP contribution in [0, 0.1) is 0 Å². The van der Waals surface area contributed by atoms with E-state index in [-0.39, 0.29) is 6.61 Å². The standard InChI is InChI=1S/C6H4Cl2N2OS/c7-4-5(8)10-1-3(2-11)12-6(10)9-4/h1,11H,2H2. The summed E-state index contributed by atoms with van der Waals surface area (Å²) in [6.07, 6.45) is 1.72. The highest BCUT2D eigenvalue weighted by molar-refractivity contribution is 7.17. The van der Waals surface area contributed by atoms with E-state index in [9.17, 15) is 0 Å². The summed E-state index contributed by atoms with van der Waals surface area (Å²) >= 11 is 12.8. The van der Waals surface area contributed by atoms with Crippen LogP contribution in [0.25, 0.3) is 4.96 Å². The van der Waals surface area contributed by atoms with Gasteiger partial charge in [-0.15, -0.1) is 0 Å². The van der Waals surface area contributed by atoms with Crippen LogP contribution in [0.5, 0.6) is 0 Å². The molecule has 0 unspecified atom stereocenters. The van der Waals surface area contributed by atoms with E-state index in [2.05, 4.69) is 4.98 Å². The minimum atomic E-state index is 0.00196. The van der Waals surface area contributed by atoms with Crippen molar-refractivity contribution in [3.63, 3.8) is 0 Å². The molecule has 2 aromatic rings. The topological polar surface area (TPSA) is 37.5 Å². The van der Waals surface area contributed by atoms with Crippen molar-refractivity contribution in [2.24, 2.45) is 0 Å². The van der Waals surface area contributed by atoms with Crippen LogP contribution in [0.4, 0.5) is 0 Å². The highest BCUT2D eigenvalue weighted by Gasteiger charge is 2.10. The zero-order valence-electron chi connectivity index (χ0n) is 5.79. The number of fused-ring (bicyclic) bond motifs is 1. The van der Waals surface area contributed by atoms with Gasteiger partial charge in [0.25, 0.3) is 0 Å². The molecule has 0 atom stereocenters. The van der Waals surface area contributed by atoms with Gasteiger partial charge in [-0.2, -0.15) is 0 Å². The van der Waals surface area contributed by atoms with E-state index in [1.807, 2.05) is 0 Å². The third-order valence-corrected chi connectivity index (χ3v) is 3.12. The SMILES string of the molecule is OCc1cn2c(Cl)c(Cl)nc2s1. The maximum atomic E-state index is 8.81. The Morgan fingerprint density at radius 1 is 1.58 bits per heavy atom. The summed E-state index contributed by atoms with van der Waals surface area (Å²) in [7, 11) is 0. The van der Waals surface area contributed by atoms with Gasteiger partial charge >= 0.3 is 0 Å². The molecule has 0 radical (unpaired) electrons. The van der Waals surface area contributed by atoms with Crippen LogP contribution in [0.2, 0.25) is 10.3 Å². The van der Waals surface area contributed by atoms with Crippen LogP contribution >= 0.6 is 34.5 Å². The van der Waals surface area contributed by atoms with Crippen molar-refractivity contribution in [1.29, 1.82) is 0 Å². The highest BCUT2D eigenvalue weighted by Crippen LogP contribution is 2.27. The molecule has 0 aliphatic carbocycles. The number of imidazole rings is 1. The first-order valence-electron chi connectivity index (χ1n) is 3.15. The fourth-order valence-electron chi connectivity index (χ4n) is 0.912. The predicted molar refractivity (Wildman–Crippen MR) is 49.0 cm³/mol. The molecule has 2 rings (SSSR count). The van der Waals surface area contributed by atoms with Gasteiger partial charge < -0.3 is 5.11 Å². The number of aliphatic hydroxyl groups is 1. The van der Waals surface area contributed by atoms with Crippen molar-refractivity contribution in [1.82, 2.24) is 9.38 Å². The van der Waals surface area contributed by atoms with Gasteiger partial charge in [-0.1, -0.05) is 34.5 Å². The zero-order valence-corrected chi connectivity index (χ0v) is 8.12. The third kappa shape index (κ3) is 1.11. The summed E-state index contributed by atoms with van der Waals surface area (Å²) in [6, 6.07) is 0. The van der Waals surface area contributed by atoms with Crippen molar-refractivity contribution in [2.75, 3.05) is 0 Å². The molecule has 0 spiro atoms. The largest absolute Gasteiger partial charge is 0.391 e. The van der Waals surface area contributed by atoms with Gasteiger partial charge in [0.15, 0.2) is 15.3 Å². The quantitative estimate of drug-likeness (QED) is 0.804. The summed E-state index contributed by atoms with van der Waals surface area (Å²) in [5.74, 6) is 0. The highest BCUT2D eigenvalue weighted by atomic mass is 35.5. The Morgan fingerprint density at radius 3 is 2.92 bits per heavy atom. The number of aliphatic hydroxyl groups excluding tert-OH is 1. The molecule has 2 aromatic heterocycles. The van der Waals surface area contributed by atoms with Crippen molar-refractivity contribution in [2.45, 2.75) is 6.61 Å². The average Bonchev–Trinajstić information content (AvgIpc) is 2.55. The van der Waals surface area contributed by atoms with Crippen LogP contribution in [0.1, 0.15) is 4.88 Å². The molecule has 0 aliphatic heterocycles. The van der Waals surface area contributed by atoms with E-state index in [0.717, 1.165) is 4.88 Å². The van der Waals surface area contributed by atoms with E-state index in [4.69, 9.17) is 28.3 Å². The minimum absolute atomic E-state index is 0.00196. The predicted octanol–water partition coefficient (Wildman–Crippen LogP) is 2.19. The molecule has 0 bridgehead atoms. The number of hydrogen-bond acceptors (Lipinski definition) is 3. The summed E-state index contributed by atoms with van der Waals surface area (Å²) < 4.78 is 1.65. The molecular formula is C6H4Cl2N2OS. The van der Waals surface area contributed by atoms with E-state index in [0.29, 0.717) is 15.3 Å². The van der Waals surface area contributed by atoms with E-state index in [1.54, 1.807) is 10.6 Å². The molecule has 2 heterocycles. The number of aromatic nitrogens is 2. The van der Waals surface area contributed by atoms with E-state index < -0.39 is 0 Å². The Bertz CT molecular complexity index is 422. The minimum Gasteiger partial charge on any atom is -0.391 e. The Morgan fingerprint density at radius 2 is 2.33 bits per heavy atom. The van der Waals surface area contributed by atoms with Crippen molar-refractivity contribution in [3.8, 4) is 0 Å². The van der Waals surface area contributed by atoms with Crippen LogP contribution in [-0.4, -0.2) is 14.5 Å². The van der Waals surface area contributed by atoms with Gasteiger partial charge in [-0.25, -0.2) is 4.98 Å². The summed E-state index contributed by atoms with van der Waals surface area (Å²) in [4.78, 5) is 5.50. The smallest absolute Gasteiger partial charge is 0.196 e. The molecule has 6 heteroatoms. The number of nitrogens with zero attached hydrogens (tertiary/aromatic N) is 2. The Labute approximate surface area is 82.2 Å². The molecule has 1 N–H and O–H groups in total. The molecule has 64 valence electrons. The second kappa shape index (κ2) is 2.88. The maximum Gasteiger partial charge on any atom is 0.196 e.